The Bertz CT molecular complexity index is 441. The van der Waals surface area contributed by atoms with E-state index in [-0.39, 0.29) is 18.9 Å². The van der Waals surface area contributed by atoms with Crippen LogP contribution in [0.5, 0.6) is 0 Å². The summed E-state index contributed by atoms with van der Waals surface area (Å²) in [7, 11) is 0. The molecule has 2 rings (SSSR count). The fourth-order valence-corrected chi connectivity index (χ4v) is 1.59. The number of aliphatic carboxylic acids is 1. The van der Waals surface area contributed by atoms with Crippen LogP contribution in [0.4, 0.5) is 19.0 Å². The van der Waals surface area contributed by atoms with E-state index in [1.54, 1.807) is 0 Å². The van der Waals surface area contributed by atoms with Crippen molar-refractivity contribution in [2.75, 3.05) is 18.0 Å². The maximum absolute atomic E-state index is 12.4. The summed E-state index contributed by atoms with van der Waals surface area (Å²) in [6.45, 7) is 0.396. The maximum atomic E-state index is 12.4. The first kappa shape index (κ1) is 11.7. The first-order chi connectivity index (χ1) is 7.88. The Labute approximate surface area is 94.7 Å². The highest BCUT2D eigenvalue weighted by atomic mass is 19.4. The summed E-state index contributed by atoms with van der Waals surface area (Å²) in [6.07, 6.45) is -3.33. The van der Waals surface area contributed by atoms with E-state index < -0.39 is 23.6 Å². The minimum absolute atomic E-state index is 0.164. The Morgan fingerprint density at radius 2 is 2.12 bits per heavy atom. The van der Waals surface area contributed by atoms with Gasteiger partial charge in [0, 0.05) is 19.3 Å². The average Bonchev–Trinajstić information content (AvgIpc) is 2.13. The zero-order chi connectivity index (χ0) is 12.6. The van der Waals surface area contributed by atoms with Gasteiger partial charge < -0.3 is 10.0 Å². The summed E-state index contributed by atoms with van der Waals surface area (Å²) in [4.78, 5) is 15.9. The lowest BCUT2D eigenvalue weighted by molar-refractivity contribution is -0.142. The Balaban J connectivity index is 2.11. The summed E-state index contributed by atoms with van der Waals surface area (Å²) in [5.74, 6) is -1.29. The van der Waals surface area contributed by atoms with Crippen LogP contribution in [0.25, 0.3) is 0 Å². The van der Waals surface area contributed by atoms with Gasteiger partial charge in [0.2, 0.25) is 0 Å². The number of rotatable bonds is 2. The second kappa shape index (κ2) is 3.90. The average molecular weight is 246 g/mol. The van der Waals surface area contributed by atoms with Crippen molar-refractivity contribution in [2.45, 2.75) is 6.18 Å². The second-order valence-corrected chi connectivity index (χ2v) is 3.84. The third-order valence-corrected chi connectivity index (χ3v) is 2.63. The normalized spacial score (nSPS) is 16.8. The summed E-state index contributed by atoms with van der Waals surface area (Å²) < 4.78 is 37.3. The molecule has 0 radical (unpaired) electrons. The molecule has 0 spiro atoms. The van der Waals surface area contributed by atoms with Crippen LogP contribution < -0.4 is 4.90 Å². The van der Waals surface area contributed by atoms with Gasteiger partial charge in [-0.25, -0.2) is 4.98 Å². The highest BCUT2D eigenvalue weighted by molar-refractivity contribution is 5.74. The number of aromatic nitrogens is 1. The van der Waals surface area contributed by atoms with E-state index in [0.29, 0.717) is 0 Å². The van der Waals surface area contributed by atoms with Gasteiger partial charge in [-0.3, -0.25) is 4.79 Å². The van der Waals surface area contributed by atoms with Gasteiger partial charge in [0.25, 0.3) is 0 Å². The van der Waals surface area contributed by atoms with Crippen molar-refractivity contribution < 1.29 is 23.1 Å². The van der Waals surface area contributed by atoms with E-state index in [2.05, 4.69) is 4.98 Å². The van der Waals surface area contributed by atoms with E-state index in [0.717, 1.165) is 18.3 Å². The Morgan fingerprint density at radius 3 is 2.65 bits per heavy atom. The van der Waals surface area contributed by atoms with Crippen LogP contribution in [-0.2, 0) is 11.0 Å². The molecule has 0 bridgehead atoms. The van der Waals surface area contributed by atoms with Crippen LogP contribution in [0, 0.1) is 5.92 Å². The maximum Gasteiger partial charge on any atom is 0.416 e. The molecule has 0 amide bonds. The molecule has 2 heterocycles. The third-order valence-electron chi connectivity index (χ3n) is 2.63. The molecule has 0 saturated carbocycles. The number of nitrogens with zero attached hydrogens (tertiary/aromatic N) is 2. The van der Waals surface area contributed by atoms with Crippen molar-refractivity contribution >= 4 is 11.8 Å². The number of hydrogen-bond acceptors (Lipinski definition) is 3. The Kier molecular flexibility index (Phi) is 2.68. The molecule has 1 aliphatic rings. The molecule has 1 aromatic heterocycles. The fraction of sp³-hybridized carbons (Fsp3) is 0.400. The minimum atomic E-state index is -4.41. The number of alkyl halides is 3. The van der Waals surface area contributed by atoms with Gasteiger partial charge in [-0.2, -0.15) is 13.2 Å². The smallest absolute Gasteiger partial charge is 0.416 e. The van der Waals surface area contributed by atoms with Crippen molar-refractivity contribution in [3.05, 3.63) is 23.9 Å². The van der Waals surface area contributed by atoms with E-state index in [1.807, 2.05) is 0 Å². The van der Waals surface area contributed by atoms with Crippen LogP contribution in [0.2, 0.25) is 0 Å². The molecular formula is C10H9F3N2O2. The molecule has 0 atom stereocenters. The first-order valence-electron chi connectivity index (χ1n) is 4.89. The lowest BCUT2D eigenvalue weighted by Crippen LogP contribution is -2.50. The lowest BCUT2D eigenvalue weighted by Gasteiger charge is -2.37. The van der Waals surface area contributed by atoms with Crippen molar-refractivity contribution in [3.8, 4) is 0 Å². The van der Waals surface area contributed by atoms with Gasteiger partial charge in [0.05, 0.1) is 11.5 Å². The highest BCUT2D eigenvalue weighted by Gasteiger charge is 2.35. The van der Waals surface area contributed by atoms with E-state index in [9.17, 15) is 18.0 Å². The molecule has 7 heteroatoms. The summed E-state index contributed by atoms with van der Waals surface area (Å²) in [5.41, 5.74) is -0.777. The molecular weight excluding hydrogens is 237 g/mol. The zero-order valence-corrected chi connectivity index (χ0v) is 8.61. The molecule has 92 valence electrons. The van der Waals surface area contributed by atoms with Crippen LogP contribution in [0.15, 0.2) is 18.3 Å². The predicted molar refractivity (Wildman–Crippen MR) is 52.6 cm³/mol. The number of carboxylic acid groups (broad SMARTS) is 1. The molecule has 0 unspecified atom stereocenters. The Hall–Kier alpha value is -1.79. The Morgan fingerprint density at radius 1 is 1.47 bits per heavy atom. The molecule has 1 fully saturated rings. The van der Waals surface area contributed by atoms with Gasteiger partial charge in [-0.15, -0.1) is 0 Å². The van der Waals surface area contributed by atoms with Crippen molar-refractivity contribution in [1.29, 1.82) is 0 Å². The van der Waals surface area contributed by atoms with Gasteiger partial charge in [0.15, 0.2) is 0 Å². The standard InChI is InChI=1S/C10H9F3N2O2/c11-10(12,13)7-1-2-14-8(3-7)15-4-6(5-15)9(16)17/h1-3,6H,4-5H2,(H,16,17). The lowest BCUT2D eigenvalue weighted by atomic mass is 10.0. The largest absolute Gasteiger partial charge is 0.481 e. The molecule has 0 aliphatic carbocycles. The van der Waals surface area contributed by atoms with Crippen LogP contribution in [0.3, 0.4) is 0 Å². The molecule has 1 aromatic rings. The summed E-state index contributed by atoms with van der Waals surface area (Å²) in [5, 5.41) is 8.65. The van der Waals surface area contributed by atoms with Crippen LogP contribution >= 0.6 is 0 Å². The summed E-state index contributed by atoms with van der Waals surface area (Å²) >= 11 is 0. The minimum Gasteiger partial charge on any atom is -0.481 e. The predicted octanol–water partition coefficient (Wildman–Crippen LogP) is 1.62. The molecule has 4 nitrogen and oxygen atoms in total. The van der Waals surface area contributed by atoms with Crippen LogP contribution in [-0.4, -0.2) is 29.1 Å². The van der Waals surface area contributed by atoms with Gasteiger partial charge in [-0.1, -0.05) is 0 Å². The monoisotopic (exact) mass is 246 g/mol. The molecule has 17 heavy (non-hydrogen) atoms. The van der Waals surface area contributed by atoms with Crippen LogP contribution in [0.1, 0.15) is 5.56 Å². The second-order valence-electron chi connectivity index (χ2n) is 3.84. The number of anilines is 1. The van der Waals surface area contributed by atoms with Crippen molar-refractivity contribution in [2.24, 2.45) is 5.92 Å². The van der Waals surface area contributed by atoms with Gasteiger partial charge in [-0.05, 0) is 12.1 Å². The van der Waals surface area contributed by atoms with Gasteiger partial charge >= 0.3 is 12.1 Å². The van der Waals surface area contributed by atoms with E-state index >= 15 is 0 Å². The SMILES string of the molecule is O=C(O)C1CN(c2cc(C(F)(F)F)ccn2)C1. The number of halogens is 3. The van der Waals surface area contributed by atoms with E-state index in [4.69, 9.17) is 5.11 Å². The van der Waals surface area contributed by atoms with Crippen molar-refractivity contribution in [3.63, 3.8) is 0 Å². The topological polar surface area (TPSA) is 53.4 Å². The number of carboxylic acids is 1. The van der Waals surface area contributed by atoms with Crippen molar-refractivity contribution in [1.82, 2.24) is 4.98 Å². The molecule has 1 saturated heterocycles. The first-order valence-corrected chi connectivity index (χ1v) is 4.89. The number of hydrogen-bond donors (Lipinski definition) is 1. The quantitative estimate of drug-likeness (QED) is 0.861. The third kappa shape index (κ3) is 2.32. The number of carbonyl (C=O) groups is 1. The van der Waals surface area contributed by atoms with Gasteiger partial charge in [0.1, 0.15) is 5.82 Å². The van der Waals surface area contributed by atoms with E-state index in [1.165, 1.54) is 4.90 Å². The highest BCUT2D eigenvalue weighted by Crippen LogP contribution is 2.32. The zero-order valence-electron chi connectivity index (χ0n) is 8.61. The fourth-order valence-electron chi connectivity index (χ4n) is 1.59. The molecule has 1 aliphatic heterocycles. The molecule has 1 N–H and O–H groups in total. The number of pyridine rings is 1. The summed E-state index contributed by atoms with van der Waals surface area (Å²) in [6, 6.07) is 1.82. The molecule has 0 aromatic carbocycles.